The van der Waals surface area contributed by atoms with Crippen molar-refractivity contribution in [2.24, 2.45) is 7.05 Å². The van der Waals surface area contributed by atoms with Crippen LogP contribution in [-0.2, 0) is 7.05 Å². The van der Waals surface area contributed by atoms with E-state index in [1.807, 2.05) is 42.1 Å². The lowest BCUT2D eigenvalue weighted by Crippen LogP contribution is -2.32. The number of aliphatic hydroxyl groups is 1. The van der Waals surface area contributed by atoms with Gasteiger partial charge in [0, 0.05) is 48.0 Å². The van der Waals surface area contributed by atoms with Crippen molar-refractivity contribution in [2.45, 2.75) is 6.10 Å². The van der Waals surface area contributed by atoms with E-state index in [4.69, 9.17) is 9.47 Å². The van der Waals surface area contributed by atoms with Crippen LogP contribution in [0.25, 0.3) is 10.9 Å². The zero-order valence-corrected chi connectivity index (χ0v) is 14.2. The predicted molar refractivity (Wildman–Crippen MR) is 97.5 cm³/mol. The summed E-state index contributed by atoms with van der Waals surface area (Å²) in [7, 11) is 1.93. The molecule has 3 aromatic rings. The van der Waals surface area contributed by atoms with Gasteiger partial charge in [0.2, 0.25) is 6.79 Å². The Morgan fingerprint density at radius 2 is 2.04 bits per heavy atom. The average Bonchev–Trinajstić information content (AvgIpc) is 3.24. The molecule has 7 nitrogen and oxygen atoms in total. The zero-order chi connectivity index (χ0) is 18.1. The minimum absolute atomic E-state index is 0.102. The second kappa shape index (κ2) is 6.61. The number of urea groups is 1. The van der Waals surface area contributed by atoms with Gasteiger partial charge < -0.3 is 29.8 Å². The molecule has 0 radical (unpaired) electrons. The minimum Gasteiger partial charge on any atom is -0.454 e. The molecule has 2 amide bonds. The van der Waals surface area contributed by atoms with E-state index in [-0.39, 0.29) is 13.3 Å². The van der Waals surface area contributed by atoms with Crippen LogP contribution in [0.4, 0.5) is 10.5 Å². The summed E-state index contributed by atoms with van der Waals surface area (Å²) in [5.74, 6) is 1.25. The number of amides is 2. The number of carbonyl (C=O) groups excluding carboxylic acids is 1. The van der Waals surface area contributed by atoms with Gasteiger partial charge in [-0.2, -0.15) is 0 Å². The molecule has 3 N–H and O–H groups in total. The minimum atomic E-state index is -0.802. The van der Waals surface area contributed by atoms with Gasteiger partial charge in [-0.3, -0.25) is 0 Å². The molecule has 26 heavy (non-hydrogen) atoms. The number of benzene rings is 2. The maximum atomic E-state index is 12.1. The molecule has 2 aromatic carbocycles. The number of carbonyl (C=O) groups is 1. The molecule has 0 aliphatic carbocycles. The van der Waals surface area contributed by atoms with Gasteiger partial charge in [0.1, 0.15) is 0 Å². The molecule has 1 aromatic heterocycles. The van der Waals surface area contributed by atoms with Crippen LogP contribution in [0.5, 0.6) is 11.5 Å². The molecule has 1 aliphatic heterocycles. The van der Waals surface area contributed by atoms with Crippen molar-refractivity contribution >= 4 is 22.6 Å². The van der Waals surface area contributed by atoms with Gasteiger partial charge in [-0.25, -0.2) is 4.79 Å². The molecule has 1 aliphatic rings. The van der Waals surface area contributed by atoms with E-state index in [0.29, 0.717) is 17.2 Å². The number of aryl methyl sites for hydroxylation is 1. The second-order valence-electron chi connectivity index (χ2n) is 6.13. The van der Waals surface area contributed by atoms with Crippen molar-refractivity contribution in [3.05, 3.63) is 54.2 Å². The van der Waals surface area contributed by atoms with Crippen LogP contribution in [0.15, 0.2) is 48.7 Å². The molecule has 0 bridgehead atoms. The van der Waals surface area contributed by atoms with Crippen molar-refractivity contribution in [3.63, 3.8) is 0 Å². The average molecular weight is 353 g/mol. The standard InChI is InChI=1S/C19H19N3O4/c1-22-10-14(13-4-2-3-5-15(13)22)16(23)9-20-19(24)21-12-6-7-17-18(8-12)26-11-25-17/h2-8,10,16,23H,9,11H2,1H3,(H2,20,21,24). The van der Waals surface area contributed by atoms with Gasteiger partial charge in [0.25, 0.3) is 0 Å². The molecule has 2 heterocycles. The van der Waals surface area contributed by atoms with Crippen LogP contribution >= 0.6 is 0 Å². The molecule has 0 spiro atoms. The fourth-order valence-corrected chi connectivity index (χ4v) is 3.09. The fraction of sp³-hybridized carbons (Fsp3) is 0.211. The van der Waals surface area contributed by atoms with Crippen LogP contribution in [0.3, 0.4) is 0 Å². The Labute approximate surface area is 150 Å². The Balaban J connectivity index is 1.39. The van der Waals surface area contributed by atoms with E-state index in [0.717, 1.165) is 16.5 Å². The van der Waals surface area contributed by atoms with Crippen molar-refractivity contribution in [3.8, 4) is 11.5 Å². The quantitative estimate of drug-likeness (QED) is 0.673. The van der Waals surface area contributed by atoms with Gasteiger partial charge in [-0.15, -0.1) is 0 Å². The van der Waals surface area contributed by atoms with Gasteiger partial charge >= 0.3 is 6.03 Å². The van der Waals surface area contributed by atoms with Crippen molar-refractivity contribution in [1.29, 1.82) is 0 Å². The van der Waals surface area contributed by atoms with Gasteiger partial charge in [-0.1, -0.05) is 18.2 Å². The first-order chi connectivity index (χ1) is 12.6. The predicted octanol–water partition coefficient (Wildman–Crippen LogP) is 2.76. The lowest BCUT2D eigenvalue weighted by atomic mass is 10.1. The maximum absolute atomic E-state index is 12.1. The molecule has 134 valence electrons. The summed E-state index contributed by atoms with van der Waals surface area (Å²) in [6, 6.07) is 12.6. The highest BCUT2D eigenvalue weighted by molar-refractivity contribution is 5.90. The van der Waals surface area contributed by atoms with Gasteiger partial charge in [0.15, 0.2) is 11.5 Å². The lowest BCUT2D eigenvalue weighted by Gasteiger charge is -2.12. The van der Waals surface area contributed by atoms with E-state index in [9.17, 15) is 9.90 Å². The zero-order valence-electron chi connectivity index (χ0n) is 14.2. The van der Waals surface area contributed by atoms with Crippen molar-refractivity contribution in [2.75, 3.05) is 18.7 Å². The third-order valence-electron chi connectivity index (χ3n) is 4.37. The summed E-state index contributed by atoms with van der Waals surface area (Å²) >= 11 is 0. The van der Waals surface area contributed by atoms with Crippen LogP contribution in [0, 0.1) is 0 Å². The van der Waals surface area contributed by atoms with E-state index in [1.54, 1.807) is 18.2 Å². The number of aromatic nitrogens is 1. The molecule has 0 saturated heterocycles. The SMILES string of the molecule is Cn1cc(C(O)CNC(=O)Nc2ccc3c(c2)OCO3)c2ccccc21. The first kappa shape index (κ1) is 16.3. The van der Waals surface area contributed by atoms with Crippen LogP contribution in [0.1, 0.15) is 11.7 Å². The summed E-state index contributed by atoms with van der Waals surface area (Å²) in [5.41, 5.74) is 2.41. The molecule has 7 heteroatoms. The first-order valence-electron chi connectivity index (χ1n) is 8.28. The number of para-hydroxylation sites is 1. The number of fused-ring (bicyclic) bond motifs is 2. The number of nitrogens with one attached hydrogen (secondary N) is 2. The Bertz CT molecular complexity index is 967. The molecular formula is C19H19N3O4. The Kier molecular flexibility index (Phi) is 4.14. The maximum Gasteiger partial charge on any atom is 0.319 e. The number of aliphatic hydroxyl groups excluding tert-OH is 1. The summed E-state index contributed by atoms with van der Waals surface area (Å²) < 4.78 is 12.5. The molecular weight excluding hydrogens is 334 g/mol. The fourth-order valence-electron chi connectivity index (χ4n) is 3.09. The Morgan fingerprint density at radius 1 is 1.23 bits per heavy atom. The second-order valence-corrected chi connectivity index (χ2v) is 6.13. The molecule has 0 saturated carbocycles. The molecule has 4 rings (SSSR count). The first-order valence-corrected chi connectivity index (χ1v) is 8.28. The number of rotatable bonds is 4. The highest BCUT2D eigenvalue weighted by Gasteiger charge is 2.17. The Morgan fingerprint density at radius 3 is 2.92 bits per heavy atom. The van der Waals surface area contributed by atoms with E-state index < -0.39 is 12.1 Å². The third kappa shape index (κ3) is 3.04. The van der Waals surface area contributed by atoms with Crippen LogP contribution in [0.2, 0.25) is 0 Å². The monoisotopic (exact) mass is 353 g/mol. The molecule has 1 unspecified atom stereocenters. The van der Waals surface area contributed by atoms with E-state index >= 15 is 0 Å². The third-order valence-corrected chi connectivity index (χ3v) is 4.37. The Hall–Kier alpha value is -3.19. The topological polar surface area (TPSA) is 84.8 Å². The number of nitrogens with zero attached hydrogens (tertiary/aromatic N) is 1. The molecule has 1 atom stereocenters. The van der Waals surface area contributed by atoms with Crippen LogP contribution < -0.4 is 20.1 Å². The highest BCUT2D eigenvalue weighted by Crippen LogP contribution is 2.34. The number of ether oxygens (including phenoxy) is 2. The summed E-state index contributed by atoms with van der Waals surface area (Å²) in [4.78, 5) is 12.1. The van der Waals surface area contributed by atoms with Gasteiger partial charge in [-0.05, 0) is 18.2 Å². The number of anilines is 1. The lowest BCUT2D eigenvalue weighted by molar-refractivity contribution is 0.174. The number of hydrogen-bond acceptors (Lipinski definition) is 4. The largest absolute Gasteiger partial charge is 0.454 e. The van der Waals surface area contributed by atoms with Crippen molar-refractivity contribution < 1.29 is 19.4 Å². The number of hydrogen-bond donors (Lipinski definition) is 3. The van der Waals surface area contributed by atoms with Crippen molar-refractivity contribution in [1.82, 2.24) is 9.88 Å². The van der Waals surface area contributed by atoms with Gasteiger partial charge in [0.05, 0.1) is 6.10 Å². The summed E-state index contributed by atoms with van der Waals surface area (Å²) in [6.45, 7) is 0.284. The summed E-state index contributed by atoms with van der Waals surface area (Å²) in [5, 5.41) is 16.9. The highest BCUT2D eigenvalue weighted by atomic mass is 16.7. The molecule has 0 fully saturated rings. The van der Waals surface area contributed by atoms with Crippen LogP contribution in [-0.4, -0.2) is 29.0 Å². The smallest absolute Gasteiger partial charge is 0.319 e. The summed E-state index contributed by atoms with van der Waals surface area (Å²) in [6.07, 6.45) is 1.08. The van der Waals surface area contributed by atoms with E-state index in [2.05, 4.69) is 10.6 Å². The van der Waals surface area contributed by atoms with E-state index in [1.165, 1.54) is 0 Å². The normalized spacial score (nSPS) is 13.6.